The summed E-state index contributed by atoms with van der Waals surface area (Å²) in [7, 11) is 0. The maximum atomic E-state index is 12.3. The van der Waals surface area contributed by atoms with Crippen molar-refractivity contribution in [2.24, 2.45) is 11.7 Å². The van der Waals surface area contributed by atoms with E-state index in [2.05, 4.69) is 11.8 Å². The van der Waals surface area contributed by atoms with Crippen molar-refractivity contribution in [2.45, 2.75) is 52.6 Å². The molecule has 0 radical (unpaired) electrons. The SMILES string of the molecule is CCN(CC)C(=O)C(C)N1CCC(C(C)N)CC1.Cl. The van der Waals surface area contributed by atoms with Gasteiger partial charge in [0.25, 0.3) is 0 Å². The summed E-state index contributed by atoms with van der Waals surface area (Å²) in [5.74, 6) is 0.885. The van der Waals surface area contributed by atoms with Gasteiger partial charge >= 0.3 is 0 Å². The summed E-state index contributed by atoms with van der Waals surface area (Å²) >= 11 is 0. The molecule has 0 aromatic heterocycles. The van der Waals surface area contributed by atoms with Crippen molar-refractivity contribution in [3.8, 4) is 0 Å². The second-order valence-corrected chi connectivity index (χ2v) is 5.42. The van der Waals surface area contributed by atoms with E-state index in [4.69, 9.17) is 5.73 Å². The number of nitrogens with zero attached hydrogens (tertiary/aromatic N) is 2. The average Bonchev–Trinajstić information content (AvgIpc) is 2.39. The van der Waals surface area contributed by atoms with Crippen molar-refractivity contribution in [1.29, 1.82) is 0 Å². The van der Waals surface area contributed by atoms with E-state index in [9.17, 15) is 4.79 Å². The van der Waals surface area contributed by atoms with Gasteiger partial charge in [0.15, 0.2) is 0 Å². The lowest BCUT2D eigenvalue weighted by molar-refractivity contribution is -0.136. The number of likely N-dealkylation sites (N-methyl/N-ethyl adjacent to an activating group) is 1. The van der Waals surface area contributed by atoms with E-state index in [0.717, 1.165) is 39.0 Å². The Kier molecular flexibility index (Phi) is 8.62. The molecule has 0 aromatic rings. The second-order valence-electron chi connectivity index (χ2n) is 5.42. The molecule has 0 saturated carbocycles. The van der Waals surface area contributed by atoms with E-state index in [0.29, 0.717) is 5.92 Å². The standard InChI is InChI=1S/C14H29N3O.ClH/c1-5-16(6-2)14(18)12(4)17-9-7-13(8-10-17)11(3)15;/h11-13H,5-10,15H2,1-4H3;1H. The highest BCUT2D eigenvalue weighted by molar-refractivity contribution is 5.85. The number of likely N-dealkylation sites (tertiary alicyclic amines) is 1. The number of hydrogen-bond donors (Lipinski definition) is 1. The summed E-state index contributed by atoms with van der Waals surface area (Å²) in [4.78, 5) is 16.5. The minimum atomic E-state index is 0. The molecule has 0 aromatic carbocycles. The number of carbonyl (C=O) groups excluding carboxylic acids is 1. The highest BCUT2D eigenvalue weighted by Gasteiger charge is 2.29. The summed E-state index contributed by atoms with van der Waals surface area (Å²) < 4.78 is 0. The van der Waals surface area contributed by atoms with E-state index in [1.54, 1.807) is 0 Å². The van der Waals surface area contributed by atoms with Gasteiger partial charge in [-0.25, -0.2) is 0 Å². The summed E-state index contributed by atoms with van der Waals surface area (Å²) in [6, 6.07) is 0.292. The fraction of sp³-hybridized carbons (Fsp3) is 0.929. The number of carbonyl (C=O) groups is 1. The summed E-state index contributed by atoms with van der Waals surface area (Å²) in [5.41, 5.74) is 5.95. The van der Waals surface area contributed by atoms with Crippen LogP contribution in [0.2, 0.25) is 0 Å². The lowest BCUT2D eigenvalue weighted by atomic mass is 9.90. The van der Waals surface area contributed by atoms with Crippen molar-refractivity contribution in [2.75, 3.05) is 26.2 Å². The number of nitrogens with two attached hydrogens (primary N) is 1. The van der Waals surface area contributed by atoms with Gasteiger partial charge in [-0.15, -0.1) is 12.4 Å². The Bertz CT molecular complexity index is 261. The molecule has 2 atom stereocenters. The van der Waals surface area contributed by atoms with Crippen LogP contribution in [0.25, 0.3) is 0 Å². The highest BCUT2D eigenvalue weighted by atomic mass is 35.5. The largest absolute Gasteiger partial charge is 0.342 e. The molecule has 4 nitrogen and oxygen atoms in total. The third-order valence-electron chi connectivity index (χ3n) is 4.30. The third kappa shape index (κ3) is 4.93. The molecule has 5 heteroatoms. The fourth-order valence-electron chi connectivity index (χ4n) is 2.79. The molecule has 19 heavy (non-hydrogen) atoms. The van der Waals surface area contributed by atoms with Gasteiger partial charge in [0.2, 0.25) is 5.91 Å². The van der Waals surface area contributed by atoms with Crippen molar-refractivity contribution < 1.29 is 4.79 Å². The zero-order valence-corrected chi connectivity index (χ0v) is 13.6. The van der Waals surface area contributed by atoms with Crippen molar-refractivity contribution in [1.82, 2.24) is 9.80 Å². The molecule has 0 aliphatic carbocycles. The van der Waals surface area contributed by atoms with Crippen LogP contribution in [0, 0.1) is 5.92 Å². The molecule has 1 aliphatic heterocycles. The lowest BCUT2D eigenvalue weighted by Crippen LogP contribution is -2.50. The Labute approximate surface area is 124 Å². The molecule has 2 N–H and O–H groups in total. The molecule has 1 heterocycles. The number of hydrogen-bond acceptors (Lipinski definition) is 3. The zero-order chi connectivity index (χ0) is 13.7. The predicted octanol–water partition coefficient (Wildman–Crippen LogP) is 1.72. The summed E-state index contributed by atoms with van der Waals surface area (Å²) in [6.07, 6.45) is 2.24. The molecule has 1 aliphatic rings. The molecule has 1 amide bonds. The van der Waals surface area contributed by atoms with Gasteiger partial charge in [0.1, 0.15) is 0 Å². The van der Waals surface area contributed by atoms with E-state index >= 15 is 0 Å². The van der Waals surface area contributed by atoms with Crippen LogP contribution in [0.3, 0.4) is 0 Å². The van der Waals surface area contributed by atoms with Gasteiger partial charge in [-0.2, -0.15) is 0 Å². The average molecular weight is 292 g/mol. The smallest absolute Gasteiger partial charge is 0.239 e. The molecule has 1 fully saturated rings. The molecular formula is C14H30ClN3O. The first-order valence-corrected chi connectivity index (χ1v) is 7.29. The van der Waals surface area contributed by atoms with Gasteiger partial charge in [0.05, 0.1) is 6.04 Å². The van der Waals surface area contributed by atoms with Crippen molar-refractivity contribution in [3.05, 3.63) is 0 Å². The van der Waals surface area contributed by atoms with Crippen LogP contribution < -0.4 is 5.73 Å². The number of halogens is 1. The highest BCUT2D eigenvalue weighted by Crippen LogP contribution is 2.21. The van der Waals surface area contributed by atoms with Crippen LogP contribution in [0.5, 0.6) is 0 Å². The second kappa shape index (κ2) is 8.77. The molecular weight excluding hydrogens is 262 g/mol. The van der Waals surface area contributed by atoms with Gasteiger partial charge < -0.3 is 10.6 Å². The predicted molar refractivity (Wildman–Crippen MR) is 82.6 cm³/mol. The minimum Gasteiger partial charge on any atom is -0.342 e. The Hall–Kier alpha value is -0.320. The Balaban J connectivity index is 0.00000324. The van der Waals surface area contributed by atoms with Gasteiger partial charge in [-0.3, -0.25) is 9.69 Å². The van der Waals surface area contributed by atoms with Crippen LogP contribution in [0.15, 0.2) is 0 Å². The number of rotatable bonds is 5. The topological polar surface area (TPSA) is 49.6 Å². The lowest BCUT2D eigenvalue weighted by Gasteiger charge is -2.38. The maximum Gasteiger partial charge on any atom is 0.239 e. The number of piperidine rings is 1. The van der Waals surface area contributed by atoms with Gasteiger partial charge in [0, 0.05) is 19.1 Å². The van der Waals surface area contributed by atoms with Crippen LogP contribution in [-0.2, 0) is 4.79 Å². The van der Waals surface area contributed by atoms with Gasteiger partial charge in [-0.05, 0) is 59.5 Å². The van der Waals surface area contributed by atoms with Crippen LogP contribution >= 0.6 is 12.4 Å². The van der Waals surface area contributed by atoms with Crippen LogP contribution in [0.4, 0.5) is 0 Å². The van der Waals surface area contributed by atoms with Crippen LogP contribution in [-0.4, -0.2) is 54.0 Å². The van der Waals surface area contributed by atoms with Crippen molar-refractivity contribution in [3.63, 3.8) is 0 Å². The first kappa shape index (κ1) is 18.7. The van der Waals surface area contributed by atoms with E-state index in [1.165, 1.54) is 0 Å². The molecule has 1 saturated heterocycles. The molecule has 1 rings (SSSR count). The maximum absolute atomic E-state index is 12.3. The van der Waals surface area contributed by atoms with E-state index in [-0.39, 0.29) is 30.4 Å². The normalized spacial score (nSPS) is 20.5. The number of amides is 1. The first-order valence-electron chi connectivity index (χ1n) is 7.29. The summed E-state index contributed by atoms with van der Waals surface area (Å²) in [6.45, 7) is 11.8. The summed E-state index contributed by atoms with van der Waals surface area (Å²) in [5, 5.41) is 0. The Morgan fingerprint density at radius 2 is 1.74 bits per heavy atom. The fourth-order valence-corrected chi connectivity index (χ4v) is 2.79. The van der Waals surface area contributed by atoms with E-state index in [1.807, 2.05) is 25.7 Å². The monoisotopic (exact) mass is 291 g/mol. The molecule has 0 spiro atoms. The molecule has 0 bridgehead atoms. The van der Waals surface area contributed by atoms with Crippen molar-refractivity contribution >= 4 is 18.3 Å². The Morgan fingerprint density at radius 3 is 2.11 bits per heavy atom. The van der Waals surface area contributed by atoms with Crippen LogP contribution in [0.1, 0.15) is 40.5 Å². The third-order valence-corrected chi connectivity index (χ3v) is 4.30. The minimum absolute atomic E-state index is 0. The first-order chi connectivity index (χ1) is 8.51. The van der Waals surface area contributed by atoms with Gasteiger partial charge in [-0.1, -0.05) is 0 Å². The Morgan fingerprint density at radius 1 is 1.26 bits per heavy atom. The van der Waals surface area contributed by atoms with E-state index < -0.39 is 0 Å². The molecule has 2 unspecified atom stereocenters. The molecule has 114 valence electrons. The quantitative estimate of drug-likeness (QED) is 0.839. The zero-order valence-electron chi connectivity index (χ0n) is 12.8.